The molecule has 1 unspecified atom stereocenters. The molecular weight excluding hydrogens is 453 g/mol. The van der Waals surface area contributed by atoms with Gasteiger partial charge in [-0.05, 0) is 40.0 Å². The van der Waals surface area contributed by atoms with Crippen molar-refractivity contribution in [2.45, 2.75) is 12.5 Å². The number of hydrogen-bond donors (Lipinski definition) is 2. The highest BCUT2D eigenvalue weighted by molar-refractivity contribution is 9.10. The van der Waals surface area contributed by atoms with Gasteiger partial charge in [0.05, 0.1) is 34.6 Å². The zero-order valence-electron chi connectivity index (χ0n) is 14.1. The lowest BCUT2D eigenvalue weighted by molar-refractivity contribution is 0.273. The number of aromatic nitrogens is 2. The molecule has 0 saturated carbocycles. The van der Waals surface area contributed by atoms with E-state index in [9.17, 15) is 9.90 Å². The minimum atomic E-state index is -0.411. The highest BCUT2D eigenvalue weighted by Gasteiger charge is 2.17. The maximum atomic E-state index is 12.8. The first kappa shape index (κ1) is 19.9. The van der Waals surface area contributed by atoms with E-state index in [4.69, 9.17) is 23.2 Å². The zero-order chi connectivity index (χ0) is 19.4. The quantitative estimate of drug-likeness (QED) is 0.565. The van der Waals surface area contributed by atoms with Crippen LogP contribution in [0.5, 0.6) is 0 Å². The van der Waals surface area contributed by atoms with Crippen LogP contribution in [0, 0.1) is 0 Å². The average Bonchev–Trinajstić information content (AvgIpc) is 2.67. The smallest absolute Gasteiger partial charge is 0.288 e. The molecule has 0 bridgehead atoms. The van der Waals surface area contributed by atoms with Gasteiger partial charge in [0, 0.05) is 0 Å². The summed E-state index contributed by atoms with van der Waals surface area (Å²) in [6.45, 7) is -0.0965. The lowest BCUT2D eigenvalue weighted by Crippen LogP contribution is -2.29. The van der Waals surface area contributed by atoms with E-state index in [1.807, 2.05) is 30.3 Å². The molecule has 0 amide bonds. The van der Waals surface area contributed by atoms with Crippen LogP contribution in [-0.2, 0) is 6.42 Å². The molecule has 1 atom stereocenters. The van der Waals surface area contributed by atoms with Crippen LogP contribution in [0.1, 0.15) is 5.56 Å². The number of hydrogen-bond acceptors (Lipinski definition) is 4. The third kappa shape index (κ3) is 4.52. The van der Waals surface area contributed by atoms with E-state index in [2.05, 4.69) is 26.3 Å². The molecule has 0 radical (unpaired) electrons. The zero-order valence-corrected chi connectivity index (χ0v) is 17.2. The van der Waals surface area contributed by atoms with E-state index in [1.54, 1.807) is 18.2 Å². The van der Waals surface area contributed by atoms with Crippen molar-refractivity contribution in [2.75, 3.05) is 11.9 Å². The van der Waals surface area contributed by atoms with Gasteiger partial charge in [0.25, 0.3) is 5.56 Å². The molecule has 2 aromatic carbocycles. The van der Waals surface area contributed by atoms with Gasteiger partial charge >= 0.3 is 0 Å². The molecule has 0 spiro atoms. The summed E-state index contributed by atoms with van der Waals surface area (Å²) >= 11 is 15.7. The van der Waals surface area contributed by atoms with Gasteiger partial charge in [-0.15, -0.1) is 0 Å². The van der Waals surface area contributed by atoms with E-state index < -0.39 is 5.56 Å². The van der Waals surface area contributed by atoms with E-state index in [-0.39, 0.29) is 17.1 Å². The second-order valence-corrected chi connectivity index (χ2v) is 7.48. The molecule has 1 heterocycles. The monoisotopic (exact) mass is 467 g/mol. The fraction of sp³-hybridized carbons (Fsp3) is 0.158. The first-order valence-corrected chi connectivity index (χ1v) is 9.69. The van der Waals surface area contributed by atoms with Crippen molar-refractivity contribution in [1.29, 1.82) is 0 Å². The largest absolute Gasteiger partial charge is 0.394 e. The van der Waals surface area contributed by atoms with Crippen molar-refractivity contribution in [3.05, 3.63) is 85.2 Å². The highest BCUT2D eigenvalue weighted by Crippen LogP contribution is 2.28. The third-order valence-corrected chi connectivity index (χ3v) is 5.35. The minimum absolute atomic E-state index is 0.0965. The Bertz CT molecular complexity index is 976. The minimum Gasteiger partial charge on any atom is -0.394 e. The fourth-order valence-electron chi connectivity index (χ4n) is 2.66. The lowest BCUT2D eigenvalue weighted by Gasteiger charge is -2.19. The summed E-state index contributed by atoms with van der Waals surface area (Å²) < 4.78 is 1.42. The number of para-hydroxylation sites is 1. The number of nitrogens with zero attached hydrogens (tertiary/aromatic N) is 2. The highest BCUT2D eigenvalue weighted by atomic mass is 79.9. The molecule has 0 aliphatic carbocycles. The molecule has 3 aromatic rings. The Balaban J connectivity index is 1.90. The number of nitrogens with one attached hydrogen (secondary N) is 1. The van der Waals surface area contributed by atoms with Gasteiger partial charge in [0.15, 0.2) is 0 Å². The second-order valence-electron chi connectivity index (χ2n) is 5.87. The maximum absolute atomic E-state index is 12.8. The van der Waals surface area contributed by atoms with Crippen molar-refractivity contribution < 1.29 is 5.11 Å². The van der Waals surface area contributed by atoms with Gasteiger partial charge in [-0.25, -0.2) is 0 Å². The van der Waals surface area contributed by atoms with Gasteiger partial charge in [0.1, 0.15) is 10.2 Å². The Kier molecular flexibility index (Phi) is 6.55. The normalized spacial score (nSPS) is 12.0. The third-order valence-electron chi connectivity index (χ3n) is 3.97. The van der Waals surface area contributed by atoms with Gasteiger partial charge in [-0.3, -0.25) is 4.79 Å². The molecule has 0 aliphatic heterocycles. The van der Waals surface area contributed by atoms with Crippen molar-refractivity contribution in [2.24, 2.45) is 0 Å². The molecule has 0 saturated heterocycles. The summed E-state index contributed by atoms with van der Waals surface area (Å²) in [5.41, 5.74) is 1.46. The molecule has 0 fully saturated rings. The first-order valence-electron chi connectivity index (χ1n) is 8.14. The number of anilines is 1. The van der Waals surface area contributed by atoms with Crippen LogP contribution in [0.25, 0.3) is 5.69 Å². The van der Waals surface area contributed by atoms with Crippen LogP contribution in [0.15, 0.2) is 64.0 Å². The molecule has 5 nitrogen and oxygen atoms in total. The predicted molar refractivity (Wildman–Crippen MR) is 112 cm³/mol. The number of rotatable bonds is 6. The summed E-state index contributed by atoms with van der Waals surface area (Å²) in [6.07, 6.45) is 2.10. The van der Waals surface area contributed by atoms with Crippen molar-refractivity contribution in [3.63, 3.8) is 0 Å². The average molecular weight is 469 g/mol. The number of halogens is 3. The standard InChI is InChI=1S/C19H16BrCl2N3O2/c20-17-16(24-13(11-26)9-12-5-2-1-3-6-12)10-23-25(19(17)27)18-14(21)7-4-8-15(18)22/h1-8,10,13,24,26H,9,11H2. The van der Waals surface area contributed by atoms with E-state index in [0.29, 0.717) is 27.8 Å². The molecular formula is C19H16BrCl2N3O2. The second kappa shape index (κ2) is 8.89. The number of benzene rings is 2. The molecule has 2 N–H and O–H groups in total. The molecule has 1 aromatic heterocycles. The Hall–Kier alpha value is -1.86. The number of aliphatic hydroxyl groups excluding tert-OH is 1. The topological polar surface area (TPSA) is 67.2 Å². The van der Waals surface area contributed by atoms with E-state index in [1.165, 1.54) is 6.20 Å². The van der Waals surface area contributed by atoms with Crippen LogP contribution in [0.4, 0.5) is 5.69 Å². The Labute approximate surface area is 174 Å². The molecule has 27 heavy (non-hydrogen) atoms. The van der Waals surface area contributed by atoms with Crippen LogP contribution in [0.2, 0.25) is 10.0 Å². The lowest BCUT2D eigenvalue weighted by atomic mass is 10.1. The summed E-state index contributed by atoms with van der Waals surface area (Å²) in [5, 5.41) is 17.7. The predicted octanol–water partition coefficient (Wildman–Crippen LogP) is 4.32. The van der Waals surface area contributed by atoms with Crippen LogP contribution in [0.3, 0.4) is 0 Å². The van der Waals surface area contributed by atoms with E-state index in [0.717, 1.165) is 10.2 Å². The Morgan fingerprint density at radius 3 is 2.41 bits per heavy atom. The summed E-state index contributed by atoms with van der Waals surface area (Å²) in [5.74, 6) is 0. The maximum Gasteiger partial charge on any atom is 0.288 e. The summed E-state index contributed by atoms with van der Waals surface area (Å²) in [6, 6.07) is 14.5. The molecule has 140 valence electrons. The van der Waals surface area contributed by atoms with Crippen molar-refractivity contribution in [1.82, 2.24) is 9.78 Å². The summed E-state index contributed by atoms with van der Waals surface area (Å²) in [4.78, 5) is 12.8. The molecule has 8 heteroatoms. The Morgan fingerprint density at radius 2 is 1.78 bits per heavy atom. The fourth-order valence-corrected chi connectivity index (χ4v) is 3.61. The van der Waals surface area contributed by atoms with Crippen molar-refractivity contribution >= 4 is 44.8 Å². The van der Waals surface area contributed by atoms with Crippen molar-refractivity contribution in [3.8, 4) is 5.69 Å². The molecule has 0 aliphatic rings. The summed E-state index contributed by atoms with van der Waals surface area (Å²) in [7, 11) is 0. The van der Waals surface area contributed by atoms with Gasteiger partial charge in [0.2, 0.25) is 0 Å². The van der Waals surface area contributed by atoms with Crippen LogP contribution < -0.4 is 10.9 Å². The van der Waals surface area contributed by atoms with Crippen LogP contribution >= 0.6 is 39.1 Å². The van der Waals surface area contributed by atoms with Gasteiger partial charge in [-0.1, -0.05) is 59.6 Å². The molecule has 3 rings (SSSR count). The SMILES string of the molecule is O=c1c(Br)c(NC(CO)Cc2ccccc2)cnn1-c1c(Cl)cccc1Cl. The van der Waals surface area contributed by atoms with Gasteiger partial charge in [-0.2, -0.15) is 9.78 Å². The number of aliphatic hydroxyl groups is 1. The first-order chi connectivity index (χ1) is 13.0. The van der Waals surface area contributed by atoms with Crippen LogP contribution in [-0.4, -0.2) is 27.5 Å². The Morgan fingerprint density at radius 1 is 1.11 bits per heavy atom. The van der Waals surface area contributed by atoms with Gasteiger partial charge < -0.3 is 10.4 Å². The van der Waals surface area contributed by atoms with E-state index >= 15 is 0 Å².